The van der Waals surface area contributed by atoms with Crippen molar-refractivity contribution in [2.45, 2.75) is 37.8 Å². The molecule has 1 atom stereocenters. The fourth-order valence-corrected chi connectivity index (χ4v) is 4.07. The average molecular weight is 400 g/mol. The molecule has 9 nitrogen and oxygen atoms in total. The minimum Gasteiger partial charge on any atom is -0.491 e. The summed E-state index contributed by atoms with van der Waals surface area (Å²) in [6, 6.07) is 4.15. The van der Waals surface area contributed by atoms with Gasteiger partial charge in [0.1, 0.15) is 18.4 Å². The van der Waals surface area contributed by atoms with Gasteiger partial charge < -0.3 is 10.5 Å². The molecule has 0 radical (unpaired) electrons. The monoisotopic (exact) mass is 400 g/mol. The molecule has 0 saturated carbocycles. The van der Waals surface area contributed by atoms with E-state index in [-0.39, 0.29) is 30.0 Å². The number of nitrogens with two attached hydrogens (primary N) is 1. The number of imide groups is 2. The summed E-state index contributed by atoms with van der Waals surface area (Å²) in [5.41, 5.74) is 6.33. The van der Waals surface area contributed by atoms with Gasteiger partial charge in [-0.2, -0.15) is 0 Å². The molecule has 2 fully saturated rings. The van der Waals surface area contributed by atoms with Gasteiger partial charge in [0.05, 0.1) is 11.1 Å². The van der Waals surface area contributed by atoms with Gasteiger partial charge in [-0.15, -0.1) is 0 Å². The number of hydrogen-bond donors (Lipinski definition) is 2. The highest BCUT2D eigenvalue weighted by atomic mass is 16.5. The lowest BCUT2D eigenvalue weighted by atomic mass is 10.0. The Morgan fingerprint density at radius 1 is 1.07 bits per heavy atom. The molecule has 4 rings (SSSR count). The lowest BCUT2D eigenvalue weighted by Crippen LogP contribution is -2.54. The predicted molar refractivity (Wildman–Crippen MR) is 102 cm³/mol. The molecule has 1 aromatic rings. The number of benzene rings is 1. The van der Waals surface area contributed by atoms with Gasteiger partial charge in [-0.05, 0) is 44.5 Å². The molecule has 3 aliphatic heterocycles. The topological polar surface area (TPSA) is 122 Å². The molecule has 0 aromatic heterocycles. The maximum atomic E-state index is 13.0. The van der Waals surface area contributed by atoms with E-state index in [4.69, 9.17) is 10.5 Å². The highest BCUT2D eigenvalue weighted by Gasteiger charge is 2.45. The fourth-order valence-electron chi connectivity index (χ4n) is 4.07. The van der Waals surface area contributed by atoms with E-state index in [9.17, 15) is 19.2 Å². The molecular weight excluding hydrogens is 376 g/mol. The smallest absolute Gasteiger partial charge is 0.266 e. The van der Waals surface area contributed by atoms with Gasteiger partial charge in [0.25, 0.3) is 11.8 Å². The molecule has 154 valence electrons. The molecule has 0 aliphatic carbocycles. The Hall–Kier alpha value is -2.78. The lowest BCUT2D eigenvalue weighted by Gasteiger charge is -2.29. The molecule has 9 heteroatoms. The van der Waals surface area contributed by atoms with E-state index in [1.54, 1.807) is 18.2 Å². The number of nitrogens with zero attached hydrogens (tertiary/aromatic N) is 2. The van der Waals surface area contributed by atoms with E-state index >= 15 is 0 Å². The number of piperidine rings is 2. The third kappa shape index (κ3) is 3.75. The molecule has 2 saturated heterocycles. The van der Waals surface area contributed by atoms with Crippen LogP contribution in [0, 0.1) is 0 Å². The summed E-state index contributed by atoms with van der Waals surface area (Å²) < 4.78 is 5.85. The first-order chi connectivity index (χ1) is 14.0. The van der Waals surface area contributed by atoms with Crippen molar-refractivity contribution in [3.63, 3.8) is 0 Å². The van der Waals surface area contributed by atoms with Crippen molar-refractivity contribution in [3.8, 4) is 5.75 Å². The normalized spacial score (nSPS) is 23.3. The Labute approximate surface area is 168 Å². The first kappa shape index (κ1) is 19.5. The Morgan fingerprint density at radius 3 is 2.55 bits per heavy atom. The first-order valence-corrected chi connectivity index (χ1v) is 9.91. The van der Waals surface area contributed by atoms with Crippen molar-refractivity contribution in [1.82, 2.24) is 15.1 Å². The largest absolute Gasteiger partial charge is 0.491 e. The molecule has 0 bridgehead atoms. The van der Waals surface area contributed by atoms with Gasteiger partial charge in [0, 0.05) is 19.0 Å². The van der Waals surface area contributed by atoms with E-state index in [1.165, 1.54) is 0 Å². The van der Waals surface area contributed by atoms with E-state index in [2.05, 4.69) is 10.2 Å². The predicted octanol–water partition coefficient (Wildman–Crippen LogP) is -0.110. The van der Waals surface area contributed by atoms with Crippen LogP contribution in [-0.2, 0) is 9.59 Å². The molecular formula is C20H24N4O5. The molecule has 1 unspecified atom stereocenters. The van der Waals surface area contributed by atoms with Gasteiger partial charge in [-0.25, -0.2) is 0 Å². The van der Waals surface area contributed by atoms with Gasteiger partial charge in [-0.3, -0.25) is 34.3 Å². The zero-order valence-corrected chi connectivity index (χ0v) is 16.1. The van der Waals surface area contributed by atoms with Gasteiger partial charge in [0.15, 0.2) is 0 Å². The van der Waals surface area contributed by atoms with Gasteiger partial charge in [-0.1, -0.05) is 6.07 Å². The number of amides is 4. The lowest BCUT2D eigenvalue weighted by molar-refractivity contribution is -0.136. The van der Waals surface area contributed by atoms with Gasteiger partial charge in [0.2, 0.25) is 11.8 Å². The standard InChI is InChI=1S/C20H24N4O5/c21-12-6-8-23(9-7-12)10-11-29-15-3-1-2-13-17(15)20(28)24(19(13)27)14-4-5-16(25)22-18(14)26/h1-3,12,14H,4-11,21H2,(H,22,25,26). The van der Waals surface area contributed by atoms with Crippen molar-refractivity contribution in [1.29, 1.82) is 0 Å². The van der Waals surface area contributed by atoms with Gasteiger partial charge >= 0.3 is 0 Å². The van der Waals surface area contributed by atoms with Crippen LogP contribution in [0.15, 0.2) is 18.2 Å². The second kappa shape index (κ2) is 7.92. The second-order valence-corrected chi connectivity index (χ2v) is 7.65. The third-order valence-corrected chi connectivity index (χ3v) is 5.73. The number of nitrogens with one attached hydrogen (secondary N) is 1. The van der Waals surface area contributed by atoms with Crippen LogP contribution in [0.1, 0.15) is 46.4 Å². The summed E-state index contributed by atoms with van der Waals surface area (Å²) in [5.74, 6) is -1.77. The number of ether oxygens (including phenoxy) is 1. The molecule has 3 heterocycles. The summed E-state index contributed by atoms with van der Waals surface area (Å²) >= 11 is 0. The van der Waals surface area contributed by atoms with Crippen molar-refractivity contribution >= 4 is 23.6 Å². The minimum atomic E-state index is -0.981. The Kier molecular flexibility index (Phi) is 5.33. The van der Waals surface area contributed by atoms with E-state index in [0.29, 0.717) is 18.9 Å². The fraction of sp³-hybridized carbons (Fsp3) is 0.500. The molecule has 0 spiro atoms. The molecule has 1 aromatic carbocycles. The number of hydrogen-bond acceptors (Lipinski definition) is 7. The maximum absolute atomic E-state index is 13.0. The second-order valence-electron chi connectivity index (χ2n) is 7.65. The Morgan fingerprint density at radius 2 is 1.83 bits per heavy atom. The number of carbonyl (C=O) groups is 4. The zero-order valence-electron chi connectivity index (χ0n) is 16.1. The number of likely N-dealkylation sites (tertiary alicyclic amines) is 1. The van der Waals surface area contributed by atoms with E-state index in [0.717, 1.165) is 30.8 Å². The van der Waals surface area contributed by atoms with E-state index in [1.807, 2.05) is 0 Å². The molecule has 3 N–H and O–H groups in total. The molecule has 3 aliphatic rings. The maximum Gasteiger partial charge on any atom is 0.266 e. The summed E-state index contributed by atoms with van der Waals surface area (Å²) in [6.07, 6.45) is 2.12. The van der Waals surface area contributed by atoms with Crippen LogP contribution >= 0.6 is 0 Å². The highest BCUT2D eigenvalue weighted by Crippen LogP contribution is 2.33. The van der Waals surface area contributed by atoms with Crippen LogP contribution in [0.2, 0.25) is 0 Å². The number of fused-ring (bicyclic) bond motifs is 1. The van der Waals surface area contributed by atoms with Crippen LogP contribution in [-0.4, -0.2) is 71.8 Å². The van der Waals surface area contributed by atoms with Crippen LogP contribution in [0.5, 0.6) is 5.75 Å². The van der Waals surface area contributed by atoms with Crippen LogP contribution < -0.4 is 15.8 Å². The Bertz CT molecular complexity index is 862. The molecule has 29 heavy (non-hydrogen) atoms. The number of carbonyl (C=O) groups excluding carboxylic acids is 4. The van der Waals surface area contributed by atoms with E-state index < -0.39 is 29.7 Å². The SMILES string of the molecule is NC1CCN(CCOc2cccc3c2C(=O)N(C2CCC(=O)NC2=O)C3=O)CC1. The molecule has 4 amide bonds. The van der Waals surface area contributed by atoms with Crippen LogP contribution in [0.25, 0.3) is 0 Å². The van der Waals surface area contributed by atoms with Crippen molar-refractivity contribution < 1.29 is 23.9 Å². The zero-order chi connectivity index (χ0) is 20.5. The summed E-state index contributed by atoms with van der Waals surface area (Å²) in [6.45, 7) is 2.91. The average Bonchev–Trinajstić information content (AvgIpc) is 2.95. The Balaban J connectivity index is 1.46. The third-order valence-electron chi connectivity index (χ3n) is 5.73. The summed E-state index contributed by atoms with van der Waals surface area (Å²) in [7, 11) is 0. The highest BCUT2D eigenvalue weighted by molar-refractivity contribution is 6.24. The number of rotatable bonds is 5. The summed E-state index contributed by atoms with van der Waals surface area (Å²) in [5, 5.41) is 2.19. The van der Waals surface area contributed by atoms with Crippen LogP contribution in [0.4, 0.5) is 0 Å². The van der Waals surface area contributed by atoms with Crippen LogP contribution in [0.3, 0.4) is 0 Å². The van der Waals surface area contributed by atoms with Crippen molar-refractivity contribution in [3.05, 3.63) is 29.3 Å². The summed E-state index contributed by atoms with van der Waals surface area (Å²) in [4.78, 5) is 52.6. The minimum absolute atomic E-state index is 0.0899. The quantitative estimate of drug-likeness (QED) is 0.661. The first-order valence-electron chi connectivity index (χ1n) is 9.91. The van der Waals surface area contributed by atoms with Crippen molar-refractivity contribution in [2.24, 2.45) is 5.73 Å². The van der Waals surface area contributed by atoms with Crippen molar-refractivity contribution in [2.75, 3.05) is 26.2 Å².